The highest BCUT2D eigenvalue weighted by molar-refractivity contribution is 6.34. The third-order valence-corrected chi connectivity index (χ3v) is 2.89. The zero-order valence-corrected chi connectivity index (χ0v) is 11.1. The summed E-state index contributed by atoms with van der Waals surface area (Å²) in [5, 5.41) is -1.34. The van der Waals surface area contributed by atoms with Crippen LogP contribution >= 0.6 is 11.6 Å². The zero-order valence-electron chi connectivity index (χ0n) is 10.3. The van der Waals surface area contributed by atoms with E-state index in [9.17, 15) is 48.7 Å². The molecule has 23 heavy (non-hydrogen) atoms. The number of alkyl halides is 10. The zero-order chi connectivity index (χ0) is 18.4. The Morgan fingerprint density at radius 3 is 1.70 bits per heavy atom. The van der Waals surface area contributed by atoms with Gasteiger partial charge in [-0.1, -0.05) is 11.6 Å². The van der Waals surface area contributed by atoms with Crippen molar-refractivity contribution in [3.05, 3.63) is 34.3 Å². The highest BCUT2D eigenvalue weighted by Crippen LogP contribution is 2.48. The molecule has 0 aliphatic heterocycles. The van der Waals surface area contributed by atoms with Crippen molar-refractivity contribution in [3.63, 3.8) is 0 Å². The lowest BCUT2D eigenvalue weighted by Crippen LogP contribution is -2.56. The van der Waals surface area contributed by atoms with Gasteiger partial charge in [0.15, 0.2) is 0 Å². The molecule has 1 nitrogen and oxygen atoms in total. The smallest absolute Gasteiger partial charge is 0.287 e. The van der Waals surface area contributed by atoms with Crippen LogP contribution in [0.3, 0.4) is 0 Å². The summed E-state index contributed by atoms with van der Waals surface area (Å²) in [6.07, 6.45) is -11.8. The normalized spacial score (nSPS) is 14.0. The predicted octanol–water partition coefficient (Wildman–Crippen LogP) is 5.37. The highest BCUT2D eigenvalue weighted by atomic mass is 35.5. The third kappa shape index (κ3) is 3.38. The number of carbonyl (C=O) groups excluding carboxylic acids is 1. The number of benzene rings is 1. The van der Waals surface area contributed by atoms with Crippen molar-refractivity contribution in [2.24, 2.45) is 0 Å². The SMILES string of the molecule is O=C(c1ccc(C(F)(F)F)cc1Cl)C(F)(F)C(F)(F)C(F)(F)F. The molecule has 1 rings (SSSR count). The molecule has 0 unspecified atom stereocenters. The van der Waals surface area contributed by atoms with E-state index in [0.717, 1.165) is 0 Å². The third-order valence-electron chi connectivity index (χ3n) is 2.58. The van der Waals surface area contributed by atoms with E-state index >= 15 is 0 Å². The lowest BCUT2D eigenvalue weighted by molar-refractivity contribution is -0.339. The average molecular weight is 377 g/mol. The number of rotatable bonds is 3. The van der Waals surface area contributed by atoms with Gasteiger partial charge >= 0.3 is 24.2 Å². The average Bonchev–Trinajstić information content (AvgIpc) is 2.35. The molecule has 0 saturated heterocycles. The second kappa shape index (κ2) is 5.53. The van der Waals surface area contributed by atoms with Crippen LogP contribution in [-0.4, -0.2) is 23.8 Å². The molecule has 1 aromatic rings. The molecule has 0 fully saturated rings. The van der Waals surface area contributed by atoms with E-state index in [0.29, 0.717) is 0 Å². The Morgan fingerprint density at radius 2 is 1.35 bits per heavy atom. The number of carbonyl (C=O) groups is 1. The Labute approximate surface area is 125 Å². The van der Waals surface area contributed by atoms with Gasteiger partial charge < -0.3 is 0 Å². The van der Waals surface area contributed by atoms with Crippen LogP contribution in [-0.2, 0) is 6.18 Å². The van der Waals surface area contributed by atoms with Crippen LogP contribution in [0.15, 0.2) is 18.2 Å². The van der Waals surface area contributed by atoms with E-state index in [2.05, 4.69) is 0 Å². The molecule has 0 saturated carbocycles. The molecule has 0 N–H and O–H groups in total. The highest BCUT2D eigenvalue weighted by Gasteiger charge is 2.76. The van der Waals surface area contributed by atoms with Crippen molar-refractivity contribution in [1.29, 1.82) is 0 Å². The van der Waals surface area contributed by atoms with Gasteiger partial charge in [-0.25, -0.2) is 0 Å². The molecule has 0 amide bonds. The molecule has 0 heterocycles. The molecular weight excluding hydrogens is 374 g/mol. The minimum Gasteiger partial charge on any atom is -0.287 e. The van der Waals surface area contributed by atoms with Crippen LogP contribution in [0.4, 0.5) is 43.9 Å². The van der Waals surface area contributed by atoms with Gasteiger partial charge in [0, 0.05) is 5.56 Å². The molecule has 0 bridgehead atoms. The van der Waals surface area contributed by atoms with Gasteiger partial charge in [0.25, 0.3) is 0 Å². The van der Waals surface area contributed by atoms with Crippen LogP contribution in [0.5, 0.6) is 0 Å². The first-order chi connectivity index (χ1) is 10.0. The fourth-order valence-electron chi connectivity index (χ4n) is 1.37. The van der Waals surface area contributed by atoms with Crippen molar-refractivity contribution in [3.8, 4) is 0 Å². The second-order valence-corrected chi connectivity index (χ2v) is 4.58. The lowest BCUT2D eigenvalue weighted by Gasteiger charge is -2.27. The number of hydrogen-bond acceptors (Lipinski definition) is 1. The minimum absolute atomic E-state index is 0.00610. The van der Waals surface area contributed by atoms with Crippen LogP contribution in [0.1, 0.15) is 15.9 Å². The van der Waals surface area contributed by atoms with Gasteiger partial charge in [0.2, 0.25) is 5.78 Å². The molecule has 0 aromatic heterocycles. The number of hydrogen-bond donors (Lipinski definition) is 0. The fourth-order valence-corrected chi connectivity index (χ4v) is 1.63. The van der Waals surface area contributed by atoms with Gasteiger partial charge in [-0.2, -0.15) is 43.9 Å². The number of ketones is 1. The quantitative estimate of drug-likeness (QED) is 0.512. The van der Waals surface area contributed by atoms with E-state index < -0.39 is 46.1 Å². The Kier molecular flexibility index (Phi) is 4.70. The molecular formula is C11H3ClF10O. The van der Waals surface area contributed by atoms with Crippen LogP contribution < -0.4 is 0 Å². The van der Waals surface area contributed by atoms with Gasteiger partial charge in [-0.05, 0) is 18.2 Å². The lowest BCUT2D eigenvalue weighted by atomic mass is 9.98. The van der Waals surface area contributed by atoms with Gasteiger partial charge in [0.1, 0.15) is 0 Å². The maximum atomic E-state index is 13.2. The van der Waals surface area contributed by atoms with Crippen LogP contribution in [0.2, 0.25) is 5.02 Å². The molecule has 0 atom stereocenters. The Morgan fingerprint density at radius 1 is 0.870 bits per heavy atom. The first-order valence-corrected chi connectivity index (χ1v) is 5.65. The van der Waals surface area contributed by atoms with Crippen LogP contribution in [0, 0.1) is 0 Å². The Balaban J connectivity index is 3.35. The standard InChI is InChI=1S/C11H3ClF10O/c12-6-3-4(9(15,16)17)1-2-5(6)7(23)8(13,14)10(18,19)11(20,21)22/h1-3H. The Bertz CT molecular complexity index is 616. The molecule has 1 aromatic carbocycles. The van der Waals surface area contributed by atoms with Crippen molar-refractivity contribution in [1.82, 2.24) is 0 Å². The molecule has 0 radical (unpaired) electrons. The second-order valence-electron chi connectivity index (χ2n) is 4.17. The Hall–Kier alpha value is -1.52. The topological polar surface area (TPSA) is 17.1 Å². The fraction of sp³-hybridized carbons (Fsp3) is 0.364. The van der Waals surface area contributed by atoms with Crippen molar-refractivity contribution >= 4 is 17.4 Å². The summed E-state index contributed by atoms with van der Waals surface area (Å²) < 4.78 is 125. The monoisotopic (exact) mass is 376 g/mol. The minimum atomic E-state index is -6.76. The van der Waals surface area contributed by atoms with E-state index in [-0.39, 0.29) is 18.2 Å². The van der Waals surface area contributed by atoms with E-state index in [4.69, 9.17) is 11.6 Å². The molecule has 12 heteroatoms. The molecule has 130 valence electrons. The molecule has 0 spiro atoms. The van der Waals surface area contributed by atoms with Crippen molar-refractivity contribution in [2.45, 2.75) is 24.2 Å². The number of halogens is 11. The summed E-state index contributed by atoms with van der Waals surface area (Å²) >= 11 is 5.12. The summed E-state index contributed by atoms with van der Waals surface area (Å²) in [6, 6.07) is -0.00855. The van der Waals surface area contributed by atoms with E-state index in [1.54, 1.807) is 0 Å². The van der Waals surface area contributed by atoms with Gasteiger partial charge in [-0.3, -0.25) is 4.79 Å². The molecule has 0 aliphatic carbocycles. The summed E-state index contributed by atoms with van der Waals surface area (Å²) in [5.41, 5.74) is -3.11. The van der Waals surface area contributed by atoms with Crippen molar-refractivity contribution < 1.29 is 48.7 Å². The first-order valence-electron chi connectivity index (χ1n) is 5.27. The predicted molar refractivity (Wildman–Crippen MR) is 56.7 cm³/mol. The summed E-state index contributed by atoms with van der Waals surface area (Å²) in [7, 11) is 0. The van der Waals surface area contributed by atoms with Crippen LogP contribution in [0.25, 0.3) is 0 Å². The molecule has 0 aliphatic rings. The summed E-state index contributed by atoms with van der Waals surface area (Å²) in [4.78, 5) is 11.2. The summed E-state index contributed by atoms with van der Waals surface area (Å²) in [6.45, 7) is 0. The summed E-state index contributed by atoms with van der Waals surface area (Å²) in [5.74, 6) is -16.0. The van der Waals surface area contributed by atoms with E-state index in [1.807, 2.05) is 0 Å². The van der Waals surface area contributed by atoms with Crippen molar-refractivity contribution in [2.75, 3.05) is 0 Å². The van der Waals surface area contributed by atoms with E-state index in [1.165, 1.54) is 0 Å². The van der Waals surface area contributed by atoms with Gasteiger partial charge in [0.05, 0.1) is 10.6 Å². The maximum absolute atomic E-state index is 13.2. The largest absolute Gasteiger partial charge is 0.460 e. The van der Waals surface area contributed by atoms with Gasteiger partial charge in [-0.15, -0.1) is 0 Å². The number of Topliss-reactive ketones (excluding diaryl/α,β-unsaturated/α-hetero) is 1. The maximum Gasteiger partial charge on any atom is 0.460 e. The first kappa shape index (κ1) is 19.5.